The molecule has 6 atom stereocenters. The number of phosphoric acid groups is 1. The number of alkyl halides is 8. The van der Waals surface area contributed by atoms with Crippen LogP contribution in [0.2, 0.25) is 0 Å². The maximum absolute atomic E-state index is 16.9. The van der Waals surface area contributed by atoms with E-state index < -0.39 is 190 Å². The Hall–Kier alpha value is -10.3. The lowest BCUT2D eigenvalue weighted by Crippen LogP contribution is -2.64. The number of nitrogens with zero attached hydrogens (tertiary/aromatic N) is 7. The van der Waals surface area contributed by atoms with Gasteiger partial charge in [-0.3, -0.25) is 49.4 Å². The molecule has 42 heteroatoms. The molecule has 0 saturated carbocycles. The van der Waals surface area contributed by atoms with Gasteiger partial charge >= 0.3 is 44.9 Å². The van der Waals surface area contributed by atoms with E-state index in [-0.39, 0.29) is 38.1 Å². The number of piperazine rings is 1. The van der Waals surface area contributed by atoms with Crippen LogP contribution in [-0.4, -0.2) is 191 Å². The van der Waals surface area contributed by atoms with Crippen LogP contribution in [-0.2, 0) is 77.5 Å². The highest BCUT2D eigenvalue weighted by molar-refractivity contribution is 7.89. The summed E-state index contributed by atoms with van der Waals surface area (Å²) in [6.07, 6.45) is -13.4. The number of benzene rings is 4. The second-order valence-electron chi connectivity index (χ2n) is 29.4. The molecule has 3 saturated heterocycles. The van der Waals surface area contributed by atoms with Crippen molar-refractivity contribution in [2.75, 3.05) is 52.0 Å². The Labute approximate surface area is 652 Å². The molecule has 4 aromatic carbocycles. The van der Waals surface area contributed by atoms with Gasteiger partial charge in [0.1, 0.15) is 35.6 Å². The first kappa shape index (κ1) is 88.6. The molecule has 0 spiro atoms. The number of nitrogens with two attached hydrogens (primary N) is 1. The number of hydrogen-bond donors (Lipinski definition) is 8. The molecule has 622 valence electrons. The van der Waals surface area contributed by atoms with Gasteiger partial charge in [-0.1, -0.05) is 43.9 Å². The number of rotatable bonds is 29. The van der Waals surface area contributed by atoms with E-state index in [0.29, 0.717) is 108 Å². The highest BCUT2D eigenvalue weighted by Gasteiger charge is 2.58. The lowest BCUT2D eigenvalue weighted by molar-refractivity contribution is -0.221. The van der Waals surface area contributed by atoms with E-state index in [1.807, 2.05) is 5.32 Å². The van der Waals surface area contributed by atoms with Crippen molar-refractivity contribution in [3.8, 4) is 28.8 Å². The number of ether oxygens (including phenoxy) is 4. The summed E-state index contributed by atoms with van der Waals surface area (Å²) in [5, 5.41) is 17.2. The molecule has 3 aliphatic heterocycles. The summed E-state index contributed by atoms with van der Waals surface area (Å²) in [5.41, 5.74) is -8.64. The van der Waals surface area contributed by atoms with Crippen LogP contribution in [0.1, 0.15) is 117 Å². The first-order chi connectivity index (χ1) is 53.5. The summed E-state index contributed by atoms with van der Waals surface area (Å²) >= 11 is 0. The number of hydrogen-bond acceptors (Lipinski definition) is 21. The summed E-state index contributed by atoms with van der Waals surface area (Å²) in [4.78, 5) is 133. The number of carbonyl (C=O) groups is 7. The van der Waals surface area contributed by atoms with E-state index in [4.69, 9.17) is 19.1 Å². The summed E-state index contributed by atoms with van der Waals surface area (Å²) in [6, 6.07) is 7.28. The topological polar surface area (TPSA) is 397 Å². The van der Waals surface area contributed by atoms with Crippen LogP contribution < -0.4 is 41.3 Å². The number of amides is 6. The molecule has 9 rings (SSSR count). The smallest absolute Gasteiger partial charge is 0.459 e. The van der Waals surface area contributed by atoms with Gasteiger partial charge in [-0.15, -0.1) is 0 Å². The van der Waals surface area contributed by atoms with Crippen molar-refractivity contribution in [1.82, 2.24) is 56.4 Å². The average molecular weight is 1670 g/mol. The molecule has 2 bridgehead atoms. The van der Waals surface area contributed by atoms with Gasteiger partial charge < -0.3 is 44.3 Å². The van der Waals surface area contributed by atoms with Crippen LogP contribution in [0.4, 0.5) is 59.4 Å². The standard InChI is InChI=1S/C73H82F10N13O17PS/c1-39-24-45(29-57(97)88-62(99)43-16-20-49(21-17-43)115(84,107)108)59(55(25-39)113-114(104,105)106)69(2,3)30-58(98)112-56(36-94(92-64(101)61(90-68(103)110-9)71(6,7)73(81,82)83)35-50-51(74)27-44(28-52(50)75)53-22-23-95(91-53)65(76)77)54(87-63(100)60(89-67(102)109-8)70(4,5)72(78,79)80)26-41-13-10-40(11-14-41)12-15-42-31-85-66(86-32-42)93-33-46-18-19-47(34-93)96(46)48-37-111-38-48/h10-11,13-14,16-17,20-25,27-28,31-32,46-48,54,56,60-61,65H,18-19,26,29-30,33-38H2,1-9H3,(H,87,100)(H,89,102)(H,90,103)(H,92,101)(H2,84,107,108)(H,88,97,99)(H2,104,105,106)/t46?,47?,54-,56-,60+,61+/m0/s1. The second kappa shape index (κ2) is 35.4. The first-order valence-electron chi connectivity index (χ1n) is 35.1. The number of aryl methyl sites for hydroxylation is 1. The minimum Gasteiger partial charge on any atom is -0.459 e. The van der Waals surface area contributed by atoms with Crippen molar-refractivity contribution in [2.45, 2.75) is 159 Å². The van der Waals surface area contributed by atoms with E-state index in [0.717, 1.165) is 62.5 Å². The van der Waals surface area contributed by atoms with E-state index >= 15 is 44.7 Å². The number of alkyl carbamates (subject to hydrolysis) is 2. The van der Waals surface area contributed by atoms with Gasteiger partial charge in [-0.2, -0.15) is 40.2 Å². The number of imide groups is 1. The number of fused-ring (bicyclic) bond motifs is 2. The predicted octanol–water partition coefficient (Wildman–Crippen LogP) is 7.86. The molecule has 2 unspecified atom stereocenters. The maximum atomic E-state index is 16.9. The van der Waals surface area contributed by atoms with Gasteiger partial charge in [0, 0.05) is 83.5 Å². The Bertz CT molecular complexity index is 4810. The van der Waals surface area contributed by atoms with Gasteiger partial charge in [-0.05, 0) is 131 Å². The molecule has 3 aliphatic rings. The van der Waals surface area contributed by atoms with Crippen molar-refractivity contribution in [3.05, 3.63) is 154 Å². The zero-order valence-electron chi connectivity index (χ0n) is 63.0. The van der Waals surface area contributed by atoms with E-state index in [2.05, 4.69) is 62.2 Å². The summed E-state index contributed by atoms with van der Waals surface area (Å²) < 4.78 is 216. The van der Waals surface area contributed by atoms with E-state index in [1.54, 1.807) is 5.32 Å². The number of anilines is 1. The molecule has 9 N–H and O–H groups in total. The summed E-state index contributed by atoms with van der Waals surface area (Å²) in [5.74, 6) is -4.87. The maximum Gasteiger partial charge on any atom is 0.524 e. The van der Waals surface area contributed by atoms with E-state index in [9.17, 15) is 55.5 Å². The number of esters is 1. The van der Waals surface area contributed by atoms with Gasteiger partial charge in [-0.25, -0.2) is 56.2 Å². The van der Waals surface area contributed by atoms with E-state index in [1.165, 1.54) is 63.5 Å². The third kappa shape index (κ3) is 22.0. The molecule has 115 heavy (non-hydrogen) atoms. The normalized spacial score (nSPS) is 16.7. The van der Waals surface area contributed by atoms with Crippen LogP contribution in [0.25, 0.3) is 11.3 Å². The Morgan fingerprint density at radius 2 is 1.31 bits per heavy atom. The van der Waals surface area contributed by atoms with Crippen LogP contribution in [0, 0.1) is 41.2 Å². The molecule has 6 aromatic rings. The lowest BCUT2D eigenvalue weighted by Gasteiger charge is -2.47. The molecular formula is C73H82F10N13O17PS. The molecule has 5 heterocycles. The van der Waals surface area contributed by atoms with Crippen molar-refractivity contribution in [2.24, 2.45) is 16.0 Å². The Kier molecular flexibility index (Phi) is 27.3. The summed E-state index contributed by atoms with van der Waals surface area (Å²) in [7, 11) is -8.45. The van der Waals surface area contributed by atoms with Crippen LogP contribution in [0.3, 0.4) is 0 Å². The second-order valence-corrected chi connectivity index (χ2v) is 32.1. The number of phosphoric ester groups is 1. The molecular weight excluding hydrogens is 1580 g/mol. The highest BCUT2D eigenvalue weighted by Crippen LogP contribution is 2.47. The van der Waals surface area contributed by atoms with Crippen LogP contribution in [0.5, 0.6) is 5.75 Å². The molecule has 6 amide bonds. The van der Waals surface area contributed by atoms with Crippen LogP contribution >= 0.6 is 7.82 Å². The monoisotopic (exact) mass is 1670 g/mol. The number of aromatic nitrogens is 4. The minimum atomic E-state index is -5.65. The number of halogens is 10. The zero-order valence-corrected chi connectivity index (χ0v) is 64.7. The summed E-state index contributed by atoms with van der Waals surface area (Å²) in [6.45, 7) is 2.43. The first-order valence-corrected chi connectivity index (χ1v) is 38.2. The molecule has 30 nitrogen and oxygen atoms in total. The fraction of sp³-hybridized carbons (Fsp3) is 0.452. The Morgan fingerprint density at radius 1 is 0.757 bits per heavy atom. The van der Waals surface area contributed by atoms with Gasteiger partial charge in [0.15, 0.2) is 0 Å². The van der Waals surface area contributed by atoms with Gasteiger partial charge in [0.05, 0.1) is 85.9 Å². The minimum absolute atomic E-state index is 0.0593. The third-order valence-electron chi connectivity index (χ3n) is 19.8. The number of primary sulfonamides is 1. The third-order valence-corrected chi connectivity index (χ3v) is 21.1. The van der Waals surface area contributed by atoms with Crippen molar-refractivity contribution in [1.29, 1.82) is 0 Å². The predicted molar refractivity (Wildman–Crippen MR) is 387 cm³/mol. The number of nitrogens with one attached hydrogen (secondary N) is 5. The quantitative estimate of drug-likeness (QED) is 0.00553. The number of carbonyl (C=O) groups excluding carboxylic acids is 7. The molecule has 0 aliphatic carbocycles. The van der Waals surface area contributed by atoms with Crippen molar-refractivity contribution in [3.63, 3.8) is 0 Å². The highest BCUT2D eigenvalue weighted by atomic mass is 32.2. The zero-order chi connectivity index (χ0) is 84.8. The Morgan fingerprint density at radius 3 is 1.82 bits per heavy atom. The van der Waals surface area contributed by atoms with Crippen molar-refractivity contribution < 1.29 is 124 Å². The van der Waals surface area contributed by atoms with Crippen molar-refractivity contribution >= 4 is 65.6 Å². The van der Waals surface area contributed by atoms with Crippen LogP contribution in [0.15, 0.2) is 102 Å². The Balaban J connectivity index is 1.16. The fourth-order valence-corrected chi connectivity index (χ4v) is 14.4. The lowest BCUT2D eigenvalue weighted by atomic mass is 9.77. The molecule has 2 aromatic heterocycles. The molecule has 3 fully saturated rings. The number of hydrazine groups is 1. The molecule has 0 radical (unpaired) electrons. The SMILES string of the molecule is COC(=O)N[C@H](C(=O)N[C@@H](Cc1ccc(C#Cc2cnc(N3CC4CCC(C3)N4C3COC3)nc2)cc1)[C@H](CN(Cc1c(F)cc(-c2ccn(C(F)F)n2)cc1F)NC(=O)[C@@H](NC(=O)OC)C(C)(C)C(F)(F)F)OC(=O)CC(C)(C)c1c(CC(=O)NC(=O)c2ccc(S(N)(=O)=O)cc2)cc(C)cc1OP(=O)(O)O)C(C)(C)C(F)(F)F. The largest absolute Gasteiger partial charge is 0.524 e. The van der Waals surface area contributed by atoms with Gasteiger partial charge in [0.25, 0.3) is 11.8 Å². The van der Waals surface area contributed by atoms with Gasteiger partial charge in [0.2, 0.25) is 27.8 Å². The average Bonchev–Trinajstić information content (AvgIpc) is 1.77. The fourth-order valence-electron chi connectivity index (χ4n) is 13.5. The number of methoxy groups -OCH3 is 2. The number of sulfonamides is 1.